The summed E-state index contributed by atoms with van der Waals surface area (Å²) in [5.74, 6) is -0.195. The molecule has 21 heavy (non-hydrogen) atoms. The van der Waals surface area contributed by atoms with E-state index in [1.807, 2.05) is 19.9 Å². The average Bonchev–Trinajstić information content (AvgIpc) is 2.49. The summed E-state index contributed by atoms with van der Waals surface area (Å²) >= 11 is 0. The van der Waals surface area contributed by atoms with Crippen molar-refractivity contribution in [3.8, 4) is 0 Å². The topological polar surface area (TPSA) is 38.3 Å². The van der Waals surface area contributed by atoms with Crippen LogP contribution in [0.2, 0.25) is 0 Å². The van der Waals surface area contributed by atoms with Crippen LogP contribution in [0.15, 0.2) is 18.2 Å². The molecule has 3 nitrogen and oxygen atoms in total. The summed E-state index contributed by atoms with van der Waals surface area (Å²) < 4.78 is 18.3. The number of carbonyl (C=O) groups is 1. The molecule has 1 saturated carbocycles. The molecule has 0 atom stereocenters. The maximum absolute atomic E-state index is 13.2. The molecule has 1 N–H and O–H groups in total. The Morgan fingerprint density at radius 1 is 1.33 bits per heavy atom. The molecule has 1 aliphatic rings. The summed E-state index contributed by atoms with van der Waals surface area (Å²) in [5, 5.41) is 3.48. The number of aryl methyl sites for hydroxylation is 1. The number of nitrogens with one attached hydrogen (secondary N) is 1. The Morgan fingerprint density at radius 2 is 2.05 bits per heavy atom. The van der Waals surface area contributed by atoms with E-state index in [4.69, 9.17) is 4.74 Å². The normalized spacial score (nSPS) is 22.0. The molecule has 0 radical (unpaired) electrons. The van der Waals surface area contributed by atoms with Gasteiger partial charge in [0.05, 0.1) is 12.5 Å². The Kier molecular flexibility index (Phi) is 5.74. The first-order valence-corrected chi connectivity index (χ1v) is 7.75. The molecule has 1 aromatic carbocycles. The molecule has 0 bridgehead atoms. The van der Waals surface area contributed by atoms with Crippen LogP contribution in [0, 0.1) is 18.7 Å². The number of esters is 1. The van der Waals surface area contributed by atoms with Crippen LogP contribution < -0.4 is 5.32 Å². The van der Waals surface area contributed by atoms with Crippen LogP contribution in [0.5, 0.6) is 0 Å². The first-order chi connectivity index (χ1) is 10.1. The Morgan fingerprint density at radius 3 is 2.71 bits per heavy atom. The minimum atomic E-state index is -0.191. The number of halogens is 1. The van der Waals surface area contributed by atoms with E-state index >= 15 is 0 Å². The van der Waals surface area contributed by atoms with Crippen LogP contribution in [-0.4, -0.2) is 18.6 Å². The summed E-state index contributed by atoms with van der Waals surface area (Å²) in [6.07, 6.45) is 3.69. The highest BCUT2D eigenvalue weighted by Gasteiger charge is 2.26. The molecule has 4 heteroatoms. The van der Waals surface area contributed by atoms with Gasteiger partial charge in [-0.1, -0.05) is 6.07 Å². The zero-order valence-electron chi connectivity index (χ0n) is 12.8. The van der Waals surface area contributed by atoms with E-state index in [-0.39, 0.29) is 17.7 Å². The molecule has 0 spiro atoms. The fourth-order valence-corrected chi connectivity index (χ4v) is 2.88. The van der Waals surface area contributed by atoms with Gasteiger partial charge in [0.25, 0.3) is 0 Å². The summed E-state index contributed by atoms with van der Waals surface area (Å²) in [5.41, 5.74) is 2.10. The standard InChI is InChI=1S/C17H24FNO2/c1-3-21-17(20)13-5-8-16(9-6-13)19-11-14-10-15(18)7-4-12(14)2/h4,7,10,13,16,19H,3,5-6,8-9,11H2,1-2H3. The maximum Gasteiger partial charge on any atom is 0.308 e. The van der Waals surface area contributed by atoms with Gasteiger partial charge in [-0.2, -0.15) is 0 Å². The molecular weight excluding hydrogens is 269 g/mol. The summed E-state index contributed by atoms with van der Waals surface area (Å²) in [7, 11) is 0. The smallest absolute Gasteiger partial charge is 0.308 e. The van der Waals surface area contributed by atoms with Gasteiger partial charge in [-0.3, -0.25) is 4.79 Å². The van der Waals surface area contributed by atoms with E-state index in [0.29, 0.717) is 19.2 Å². The number of benzene rings is 1. The van der Waals surface area contributed by atoms with E-state index in [9.17, 15) is 9.18 Å². The van der Waals surface area contributed by atoms with Gasteiger partial charge >= 0.3 is 5.97 Å². The lowest BCUT2D eigenvalue weighted by atomic mass is 9.86. The monoisotopic (exact) mass is 293 g/mol. The molecule has 0 heterocycles. The average molecular weight is 293 g/mol. The van der Waals surface area contributed by atoms with Crippen LogP contribution in [0.4, 0.5) is 4.39 Å². The fraction of sp³-hybridized carbons (Fsp3) is 0.588. The van der Waals surface area contributed by atoms with Gasteiger partial charge in [0, 0.05) is 12.6 Å². The minimum absolute atomic E-state index is 0.0545. The predicted molar refractivity (Wildman–Crippen MR) is 80.4 cm³/mol. The van der Waals surface area contributed by atoms with Gasteiger partial charge in [-0.25, -0.2) is 4.39 Å². The van der Waals surface area contributed by atoms with Crippen molar-refractivity contribution >= 4 is 5.97 Å². The molecular formula is C17H24FNO2. The minimum Gasteiger partial charge on any atom is -0.466 e. The Balaban J connectivity index is 1.79. The maximum atomic E-state index is 13.2. The number of hydrogen-bond donors (Lipinski definition) is 1. The van der Waals surface area contributed by atoms with Gasteiger partial charge in [0.2, 0.25) is 0 Å². The zero-order chi connectivity index (χ0) is 15.2. The van der Waals surface area contributed by atoms with Gasteiger partial charge in [-0.15, -0.1) is 0 Å². The highest BCUT2D eigenvalue weighted by Crippen LogP contribution is 2.25. The van der Waals surface area contributed by atoms with Gasteiger partial charge < -0.3 is 10.1 Å². The van der Waals surface area contributed by atoms with E-state index in [1.165, 1.54) is 6.07 Å². The van der Waals surface area contributed by atoms with E-state index in [2.05, 4.69) is 5.32 Å². The van der Waals surface area contributed by atoms with E-state index in [1.54, 1.807) is 6.07 Å². The SMILES string of the molecule is CCOC(=O)C1CCC(NCc2cc(F)ccc2C)CC1. The second kappa shape index (κ2) is 7.55. The number of rotatable bonds is 5. The highest BCUT2D eigenvalue weighted by atomic mass is 19.1. The van der Waals surface area contributed by atoms with Crippen molar-refractivity contribution in [3.63, 3.8) is 0 Å². The van der Waals surface area contributed by atoms with Gasteiger partial charge in [-0.05, 0) is 62.8 Å². The lowest BCUT2D eigenvalue weighted by molar-refractivity contribution is -0.149. The van der Waals surface area contributed by atoms with Crippen molar-refractivity contribution in [3.05, 3.63) is 35.1 Å². The molecule has 116 valence electrons. The van der Waals surface area contributed by atoms with Gasteiger partial charge in [0.15, 0.2) is 0 Å². The van der Waals surface area contributed by atoms with Crippen molar-refractivity contribution in [1.29, 1.82) is 0 Å². The van der Waals surface area contributed by atoms with Gasteiger partial charge in [0.1, 0.15) is 5.82 Å². The van der Waals surface area contributed by atoms with E-state index in [0.717, 1.165) is 36.8 Å². The third-order valence-electron chi connectivity index (χ3n) is 4.24. The summed E-state index contributed by atoms with van der Waals surface area (Å²) in [4.78, 5) is 11.7. The Labute approximate surface area is 125 Å². The van der Waals surface area contributed by atoms with Crippen LogP contribution in [0.1, 0.15) is 43.7 Å². The molecule has 2 rings (SSSR count). The summed E-state index contributed by atoms with van der Waals surface area (Å²) in [6.45, 7) is 4.97. The van der Waals surface area contributed by atoms with Crippen molar-refractivity contribution in [2.75, 3.05) is 6.61 Å². The van der Waals surface area contributed by atoms with Crippen LogP contribution in [0.3, 0.4) is 0 Å². The molecule has 0 aliphatic heterocycles. The van der Waals surface area contributed by atoms with Crippen molar-refractivity contribution in [2.24, 2.45) is 5.92 Å². The quantitative estimate of drug-likeness (QED) is 0.846. The number of carbonyl (C=O) groups excluding carboxylic acids is 1. The number of hydrogen-bond acceptors (Lipinski definition) is 3. The third kappa shape index (κ3) is 4.53. The second-order valence-corrected chi connectivity index (χ2v) is 5.75. The second-order valence-electron chi connectivity index (χ2n) is 5.75. The van der Waals surface area contributed by atoms with Crippen LogP contribution in [-0.2, 0) is 16.1 Å². The highest BCUT2D eigenvalue weighted by molar-refractivity contribution is 5.72. The molecule has 1 aliphatic carbocycles. The Bertz CT molecular complexity index is 482. The molecule has 0 unspecified atom stereocenters. The van der Waals surface area contributed by atoms with Crippen LogP contribution in [0.25, 0.3) is 0 Å². The van der Waals surface area contributed by atoms with Crippen molar-refractivity contribution < 1.29 is 13.9 Å². The third-order valence-corrected chi connectivity index (χ3v) is 4.24. The zero-order valence-corrected chi connectivity index (χ0v) is 12.8. The van der Waals surface area contributed by atoms with Crippen molar-refractivity contribution in [2.45, 2.75) is 52.1 Å². The first-order valence-electron chi connectivity index (χ1n) is 7.75. The lowest BCUT2D eigenvalue weighted by Gasteiger charge is -2.28. The van der Waals surface area contributed by atoms with Crippen molar-refractivity contribution in [1.82, 2.24) is 5.32 Å². The predicted octanol–water partition coefficient (Wildman–Crippen LogP) is 3.35. The largest absolute Gasteiger partial charge is 0.466 e. The van der Waals surface area contributed by atoms with Crippen LogP contribution >= 0.6 is 0 Å². The first kappa shape index (κ1) is 16.0. The van der Waals surface area contributed by atoms with E-state index < -0.39 is 0 Å². The fourth-order valence-electron chi connectivity index (χ4n) is 2.88. The summed E-state index contributed by atoms with van der Waals surface area (Å²) in [6, 6.07) is 5.29. The number of ether oxygens (including phenoxy) is 1. The molecule has 1 fully saturated rings. The molecule has 0 amide bonds. The molecule has 1 aromatic rings. The Hall–Kier alpha value is -1.42. The molecule has 0 saturated heterocycles. The lowest BCUT2D eigenvalue weighted by Crippen LogP contribution is -2.35. The molecule has 0 aromatic heterocycles.